The summed E-state index contributed by atoms with van der Waals surface area (Å²) >= 11 is 0. The van der Waals surface area contributed by atoms with Crippen molar-refractivity contribution in [1.29, 1.82) is 0 Å². The zero-order valence-corrected chi connectivity index (χ0v) is 35.7. The van der Waals surface area contributed by atoms with Gasteiger partial charge >= 0.3 is 11.9 Å². The molecule has 3 rings (SSSR count). The summed E-state index contributed by atoms with van der Waals surface area (Å²) in [5.41, 5.74) is 20.1. The van der Waals surface area contributed by atoms with Crippen LogP contribution < -0.4 is 32.0 Å². The van der Waals surface area contributed by atoms with Crippen LogP contribution in [0.3, 0.4) is 0 Å². The number of nitrogens with two attached hydrogens (primary N) is 3. The zero-order chi connectivity index (χ0) is 40.4. The number of benzene rings is 2. The van der Waals surface area contributed by atoms with Crippen molar-refractivity contribution >= 4 is 34.7 Å². The summed E-state index contributed by atoms with van der Waals surface area (Å²) in [4.78, 5) is 24.9. The number of rotatable bonds is 30. The highest BCUT2D eigenvalue weighted by atomic mass is 16.5. The third kappa shape index (κ3) is 18.2. The predicted octanol–water partition coefficient (Wildman–Crippen LogP) is 13.0. The molecule has 316 valence electrons. The van der Waals surface area contributed by atoms with Crippen molar-refractivity contribution in [2.24, 2.45) is 23.7 Å². The van der Waals surface area contributed by atoms with Crippen molar-refractivity contribution in [3.05, 3.63) is 36.4 Å². The minimum atomic E-state index is -0.224. The van der Waals surface area contributed by atoms with Gasteiger partial charge in [0, 0.05) is 31.3 Å². The lowest BCUT2D eigenvalue weighted by Crippen LogP contribution is -2.35. The Hall–Kier alpha value is -3.42. The fraction of sp³-hybridized carbons (Fsp3) is 0.708. The fourth-order valence-corrected chi connectivity index (χ4v) is 9.18. The van der Waals surface area contributed by atoms with Crippen LogP contribution in [0.2, 0.25) is 0 Å². The van der Waals surface area contributed by atoms with E-state index < -0.39 is 0 Å². The molecule has 0 heterocycles. The van der Waals surface area contributed by atoms with E-state index in [-0.39, 0.29) is 11.9 Å². The quantitative estimate of drug-likeness (QED) is 0.0266. The third-order valence-corrected chi connectivity index (χ3v) is 12.4. The molecule has 2 aromatic carbocycles. The van der Waals surface area contributed by atoms with E-state index >= 15 is 0 Å². The van der Waals surface area contributed by atoms with Gasteiger partial charge in [-0.1, -0.05) is 136 Å². The lowest BCUT2D eigenvalue weighted by atomic mass is 9.61. The fourth-order valence-electron chi connectivity index (χ4n) is 9.18. The standard InChI is InChI=1S/C48H80N4O4/c1-4-6-8-9-13-19-25-41-37(23-17-7-5-2)29-30-38(24-18-12-10-15-21-28-48(54)56-46-34-32-40(52-3)36-44(46)51)42(41)26-20-14-11-16-22-27-47(53)55-45-33-31-39(49)35-43(45)50/h31-38,41-42,52H,4-30,49-51H2,1-3H3. The minimum Gasteiger partial charge on any atom is -0.424 e. The van der Waals surface area contributed by atoms with Crippen molar-refractivity contribution in [3.8, 4) is 11.5 Å². The molecule has 4 atom stereocenters. The van der Waals surface area contributed by atoms with Crippen molar-refractivity contribution in [3.63, 3.8) is 0 Å². The van der Waals surface area contributed by atoms with E-state index in [1.165, 1.54) is 135 Å². The van der Waals surface area contributed by atoms with Crippen LogP contribution in [-0.4, -0.2) is 19.0 Å². The molecule has 2 aromatic rings. The number of carbonyl (C=O) groups is 2. The lowest BCUT2D eigenvalue weighted by Gasteiger charge is -2.44. The molecule has 8 heteroatoms. The van der Waals surface area contributed by atoms with E-state index in [2.05, 4.69) is 19.2 Å². The summed E-state index contributed by atoms with van der Waals surface area (Å²) in [5, 5.41) is 3.05. The molecule has 8 nitrogen and oxygen atoms in total. The van der Waals surface area contributed by atoms with Gasteiger partial charge in [-0.05, 0) is 98.6 Å². The molecule has 0 spiro atoms. The maximum Gasteiger partial charge on any atom is 0.311 e. The molecule has 7 N–H and O–H groups in total. The molecule has 1 fully saturated rings. The Morgan fingerprint density at radius 2 is 0.964 bits per heavy atom. The molecule has 56 heavy (non-hydrogen) atoms. The van der Waals surface area contributed by atoms with Crippen molar-refractivity contribution in [1.82, 2.24) is 0 Å². The van der Waals surface area contributed by atoms with Crippen LogP contribution >= 0.6 is 0 Å². The van der Waals surface area contributed by atoms with Crippen LogP contribution in [-0.2, 0) is 9.59 Å². The molecule has 0 radical (unpaired) electrons. The number of unbranched alkanes of at least 4 members (excludes halogenated alkanes) is 15. The topological polar surface area (TPSA) is 143 Å². The van der Waals surface area contributed by atoms with E-state index in [1.807, 2.05) is 13.1 Å². The number of nitrogen functional groups attached to an aromatic ring is 3. The van der Waals surface area contributed by atoms with Gasteiger partial charge in [-0.25, -0.2) is 0 Å². The van der Waals surface area contributed by atoms with Crippen molar-refractivity contribution < 1.29 is 19.1 Å². The normalized spacial score (nSPS) is 18.1. The number of anilines is 4. The van der Waals surface area contributed by atoms with Gasteiger partial charge in [-0.15, -0.1) is 0 Å². The van der Waals surface area contributed by atoms with Gasteiger partial charge in [-0.3, -0.25) is 9.59 Å². The number of carbonyl (C=O) groups excluding carboxylic acids is 2. The van der Waals surface area contributed by atoms with Crippen LogP contribution in [0.5, 0.6) is 11.5 Å². The maximum atomic E-state index is 12.5. The smallest absolute Gasteiger partial charge is 0.311 e. The Morgan fingerprint density at radius 1 is 0.554 bits per heavy atom. The van der Waals surface area contributed by atoms with E-state index in [9.17, 15) is 9.59 Å². The Labute approximate surface area is 341 Å². The largest absolute Gasteiger partial charge is 0.424 e. The van der Waals surface area contributed by atoms with Gasteiger partial charge in [0.25, 0.3) is 0 Å². The minimum absolute atomic E-state index is 0.202. The molecule has 0 amide bonds. The number of nitrogens with one attached hydrogen (secondary N) is 1. The summed E-state index contributed by atoms with van der Waals surface area (Å²) in [7, 11) is 1.84. The Balaban J connectivity index is 1.46. The van der Waals surface area contributed by atoms with E-state index in [0.717, 1.165) is 55.0 Å². The first-order valence-corrected chi connectivity index (χ1v) is 22.9. The molecule has 4 unspecified atom stereocenters. The third-order valence-electron chi connectivity index (χ3n) is 12.4. The SMILES string of the molecule is CCCCCCCCC1C(CCCCC)CCC(CCCCCCCC(=O)Oc2ccc(NC)cc2N)C1CCCCCCCC(=O)Oc1ccc(N)cc1N. The second-order valence-electron chi connectivity index (χ2n) is 16.8. The monoisotopic (exact) mass is 777 g/mol. The van der Waals surface area contributed by atoms with Gasteiger partial charge in [-0.2, -0.15) is 0 Å². The molecular formula is C48H80N4O4. The molecule has 1 saturated carbocycles. The zero-order valence-electron chi connectivity index (χ0n) is 35.7. The molecule has 1 aliphatic rings. The Morgan fingerprint density at radius 3 is 1.45 bits per heavy atom. The first-order valence-electron chi connectivity index (χ1n) is 22.9. The lowest BCUT2D eigenvalue weighted by molar-refractivity contribution is -0.135. The second kappa shape index (κ2) is 28.1. The average molecular weight is 777 g/mol. The molecular weight excluding hydrogens is 697 g/mol. The highest BCUT2D eigenvalue weighted by Crippen LogP contribution is 2.48. The van der Waals surface area contributed by atoms with Gasteiger partial charge in [0.05, 0.1) is 11.4 Å². The summed E-state index contributed by atoms with van der Waals surface area (Å²) in [5.74, 6) is 3.87. The molecule has 0 aromatic heterocycles. The summed E-state index contributed by atoms with van der Waals surface area (Å²) in [6.07, 6.45) is 32.8. The molecule has 1 aliphatic carbocycles. The van der Waals surface area contributed by atoms with E-state index in [4.69, 9.17) is 26.7 Å². The average Bonchev–Trinajstić information content (AvgIpc) is 3.18. The summed E-state index contributed by atoms with van der Waals surface area (Å²) in [6.45, 7) is 4.64. The van der Waals surface area contributed by atoms with Gasteiger partial charge < -0.3 is 32.0 Å². The first kappa shape index (κ1) is 47.0. The van der Waals surface area contributed by atoms with Crippen LogP contribution in [0.4, 0.5) is 22.7 Å². The highest BCUT2D eigenvalue weighted by molar-refractivity contribution is 5.76. The van der Waals surface area contributed by atoms with Crippen LogP contribution in [0.1, 0.15) is 187 Å². The number of ether oxygens (including phenoxy) is 2. The van der Waals surface area contributed by atoms with Gasteiger partial charge in [0.15, 0.2) is 11.5 Å². The number of hydrogen-bond acceptors (Lipinski definition) is 8. The highest BCUT2D eigenvalue weighted by Gasteiger charge is 2.37. The number of hydrogen-bond donors (Lipinski definition) is 4. The number of esters is 2. The van der Waals surface area contributed by atoms with E-state index in [1.54, 1.807) is 30.3 Å². The van der Waals surface area contributed by atoms with Gasteiger partial charge in [0.1, 0.15) is 0 Å². The first-order chi connectivity index (χ1) is 27.2. The molecule has 0 bridgehead atoms. The Bertz CT molecular complexity index is 1380. The van der Waals surface area contributed by atoms with E-state index in [0.29, 0.717) is 41.4 Å². The summed E-state index contributed by atoms with van der Waals surface area (Å²) in [6, 6.07) is 10.4. The van der Waals surface area contributed by atoms with Crippen LogP contribution in [0, 0.1) is 23.7 Å². The molecule has 0 saturated heterocycles. The predicted molar refractivity (Wildman–Crippen MR) is 237 cm³/mol. The van der Waals surface area contributed by atoms with Crippen molar-refractivity contribution in [2.45, 2.75) is 187 Å². The van der Waals surface area contributed by atoms with Gasteiger partial charge in [0.2, 0.25) is 0 Å². The van der Waals surface area contributed by atoms with Crippen LogP contribution in [0.25, 0.3) is 0 Å². The second-order valence-corrected chi connectivity index (χ2v) is 16.8. The van der Waals surface area contributed by atoms with Crippen molar-refractivity contribution in [2.75, 3.05) is 29.6 Å². The van der Waals surface area contributed by atoms with Crippen LogP contribution in [0.15, 0.2) is 36.4 Å². The maximum absolute atomic E-state index is 12.5. The molecule has 0 aliphatic heterocycles. The summed E-state index contributed by atoms with van der Waals surface area (Å²) < 4.78 is 11.0. The Kier molecular flexibility index (Phi) is 23.5.